The molecule has 2 aliphatic heterocycles. The highest BCUT2D eigenvalue weighted by atomic mass is 35.5. The number of hydrogen-bond acceptors (Lipinski definition) is 5. The molecule has 194 valence electrons. The summed E-state index contributed by atoms with van der Waals surface area (Å²) in [4.78, 5) is 30.5. The van der Waals surface area contributed by atoms with Crippen molar-refractivity contribution in [1.82, 2.24) is 14.7 Å². The summed E-state index contributed by atoms with van der Waals surface area (Å²) in [5, 5.41) is 5.51. The van der Waals surface area contributed by atoms with Gasteiger partial charge < -0.3 is 9.64 Å². The van der Waals surface area contributed by atoms with E-state index in [1.54, 1.807) is 9.80 Å². The molecule has 7 nitrogen and oxygen atoms in total. The van der Waals surface area contributed by atoms with Crippen LogP contribution in [0.2, 0.25) is 5.02 Å². The number of halogens is 1. The lowest BCUT2D eigenvalue weighted by molar-refractivity contribution is -0.134. The van der Waals surface area contributed by atoms with Crippen molar-refractivity contribution in [2.75, 3.05) is 43.5 Å². The monoisotopic (exact) mass is 538 g/mol. The molecule has 1 unspecified atom stereocenters. The zero-order valence-electron chi connectivity index (χ0n) is 21.3. The van der Waals surface area contributed by atoms with Crippen molar-refractivity contribution in [1.29, 1.82) is 0 Å². The Morgan fingerprint density at radius 2 is 1.76 bits per heavy atom. The van der Waals surface area contributed by atoms with Crippen LogP contribution >= 0.6 is 23.4 Å². The number of anilines is 1. The Balaban J connectivity index is 1.73. The molecule has 1 atom stereocenters. The Labute approximate surface area is 226 Å². The van der Waals surface area contributed by atoms with Crippen LogP contribution in [0.5, 0.6) is 0 Å². The van der Waals surface area contributed by atoms with E-state index in [0.29, 0.717) is 37.1 Å². The molecule has 2 aromatic carbocycles. The SMILES string of the molecule is CC(C)(C)n1nc(-c2ccccc2)c2c1N(CC(=O)N1CCOCC1)C(=O)CSC2c1ccccc1Cl. The molecule has 0 bridgehead atoms. The molecule has 2 aliphatic rings. The third-order valence-corrected chi connectivity index (χ3v) is 8.20. The average molecular weight is 539 g/mol. The number of fused-ring (bicyclic) bond motifs is 1. The summed E-state index contributed by atoms with van der Waals surface area (Å²) in [6, 6.07) is 17.7. The summed E-state index contributed by atoms with van der Waals surface area (Å²) in [6.45, 7) is 8.20. The van der Waals surface area contributed by atoms with Crippen LogP contribution in [0.15, 0.2) is 54.6 Å². The normalized spacial score (nSPS) is 18.5. The molecule has 1 aromatic heterocycles. The second-order valence-corrected chi connectivity index (χ2v) is 11.7. The van der Waals surface area contributed by atoms with Gasteiger partial charge in [0, 0.05) is 29.2 Å². The third-order valence-electron chi connectivity index (χ3n) is 6.62. The Morgan fingerprint density at radius 3 is 2.43 bits per heavy atom. The fourth-order valence-electron chi connectivity index (χ4n) is 4.78. The van der Waals surface area contributed by atoms with Crippen molar-refractivity contribution in [2.24, 2.45) is 0 Å². The van der Waals surface area contributed by atoms with Gasteiger partial charge in [-0.1, -0.05) is 60.1 Å². The summed E-state index contributed by atoms with van der Waals surface area (Å²) in [5.74, 6) is 0.673. The highest BCUT2D eigenvalue weighted by molar-refractivity contribution is 8.00. The number of carbonyl (C=O) groups excluding carboxylic acids is 2. The highest BCUT2D eigenvalue weighted by Gasteiger charge is 2.40. The van der Waals surface area contributed by atoms with Crippen LogP contribution in [0, 0.1) is 0 Å². The Bertz CT molecular complexity index is 1300. The van der Waals surface area contributed by atoms with Crippen molar-refractivity contribution in [2.45, 2.75) is 31.6 Å². The molecule has 2 amide bonds. The number of benzene rings is 2. The summed E-state index contributed by atoms with van der Waals surface area (Å²) < 4.78 is 7.33. The topological polar surface area (TPSA) is 67.7 Å². The van der Waals surface area contributed by atoms with Crippen molar-refractivity contribution in [3.63, 3.8) is 0 Å². The van der Waals surface area contributed by atoms with Crippen LogP contribution in [0.3, 0.4) is 0 Å². The maximum absolute atomic E-state index is 13.7. The predicted octanol–water partition coefficient (Wildman–Crippen LogP) is 4.99. The first kappa shape index (κ1) is 25.8. The lowest BCUT2D eigenvalue weighted by atomic mass is 9.99. The van der Waals surface area contributed by atoms with E-state index in [4.69, 9.17) is 21.4 Å². The van der Waals surface area contributed by atoms with E-state index in [0.717, 1.165) is 22.4 Å². The van der Waals surface area contributed by atoms with Crippen LogP contribution in [-0.2, 0) is 19.9 Å². The molecule has 0 radical (unpaired) electrons. The molecule has 0 saturated carbocycles. The average Bonchev–Trinajstić information content (AvgIpc) is 3.24. The van der Waals surface area contributed by atoms with Crippen molar-refractivity contribution in [3.8, 4) is 11.3 Å². The number of morpholine rings is 1. The number of hydrogen-bond donors (Lipinski definition) is 0. The first-order valence-corrected chi connectivity index (χ1v) is 13.9. The fraction of sp³-hybridized carbons (Fsp3) is 0.393. The van der Waals surface area contributed by atoms with Crippen LogP contribution in [-0.4, -0.2) is 65.1 Å². The van der Waals surface area contributed by atoms with Crippen LogP contribution in [0.4, 0.5) is 5.82 Å². The molecular formula is C28H31ClN4O3S. The van der Waals surface area contributed by atoms with E-state index in [2.05, 4.69) is 20.8 Å². The third kappa shape index (κ3) is 5.15. The first-order chi connectivity index (χ1) is 17.8. The summed E-state index contributed by atoms with van der Waals surface area (Å²) in [6.07, 6.45) is 0. The molecule has 9 heteroatoms. The zero-order chi connectivity index (χ0) is 26.2. The van der Waals surface area contributed by atoms with E-state index < -0.39 is 5.54 Å². The number of amides is 2. The Kier molecular flexibility index (Phi) is 7.34. The van der Waals surface area contributed by atoms with Gasteiger partial charge in [0.15, 0.2) is 0 Å². The van der Waals surface area contributed by atoms with Crippen LogP contribution in [0.1, 0.15) is 37.1 Å². The van der Waals surface area contributed by atoms with Crippen LogP contribution in [0.25, 0.3) is 11.3 Å². The Morgan fingerprint density at radius 1 is 1.08 bits per heavy atom. The minimum absolute atomic E-state index is 0.0440. The maximum Gasteiger partial charge on any atom is 0.242 e. The minimum atomic E-state index is -0.447. The van der Waals surface area contributed by atoms with Gasteiger partial charge in [-0.3, -0.25) is 14.5 Å². The van der Waals surface area contributed by atoms with E-state index in [1.807, 2.05) is 59.3 Å². The Hall–Kier alpha value is -2.81. The lowest BCUT2D eigenvalue weighted by Gasteiger charge is -2.32. The van der Waals surface area contributed by atoms with Crippen molar-refractivity contribution in [3.05, 3.63) is 70.7 Å². The van der Waals surface area contributed by atoms with E-state index in [-0.39, 0.29) is 29.4 Å². The van der Waals surface area contributed by atoms with Gasteiger partial charge in [0.25, 0.3) is 0 Å². The molecular weight excluding hydrogens is 508 g/mol. The van der Waals surface area contributed by atoms with Gasteiger partial charge in [0.05, 0.1) is 35.4 Å². The maximum atomic E-state index is 13.7. The zero-order valence-corrected chi connectivity index (χ0v) is 22.9. The molecule has 1 fully saturated rings. The van der Waals surface area contributed by atoms with Gasteiger partial charge in [-0.2, -0.15) is 5.10 Å². The summed E-state index contributed by atoms with van der Waals surface area (Å²) in [7, 11) is 0. The van der Waals surface area contributed by atoms with E-state index >= 15 is 0 Å². The number of carbonyl (C=O) groups is 2. The second-order valence-electron chi connectivity index (χ2n) is 10.2. The summed E-state index contributed by atoms with van der Waals surface area (Å²) >= 11 is 8.25. The van der Waals surface area contributed by atoms with E-state index in [1.165, 1.54) is 11.8 Å². The number of thioether (sulfide) groups is 1. The molecule has 0 spiro atoms. The van der Waals surface area contributed by atoms with Gasteiger partial charge in [-0.05, 0) is 32.4 Å². The molecule has 3 heterocycles. The van der Waals surface area contributed by atoms with Crippen molar-refractivity contribution < 1.29 is 14.3 Å². The number of ether oxygens (including phenoxy) is 1. The molecule has 0 aliphatic carbocycles. The van der Waals surface area contributed by atoms with Crippen LogP contribution < -0.4 is 4.90 Å². The second kappa shape index (κ2) is 10.5. The molecule has 5 rings (SSSR count). The number of nitrogens with zero attached hydrogens (tertiary/aromatic N) is 4. The van der Waals surface area contributed by atoms with Gasteiger partial charge in [0.2, 0.25) is 11.8 Å². The first-order valence-electron chi connectivity index (χ1n) is 12.5. The quantitative estimate of drug-likeness (QED) is 0.468. The molecule has 37 heavy (non-hydrogen) atoms. The minimum Gasteiger partial charge on any atom is -0.378 e. The number of aromatic nitrogens is 2. The number of rotatable bonds is 4. The van der Waals surface area contributed by atoms with Gasteiger partial charge in [-0.15, -0.1) is 11.8 Å². The molecule has 3 aromatic rings. The van der Waals surface area contributed by atoms with E-state index in [9.17, 15) is 9.59 Å². The highest BCUT2D eigenvalue weighted by Crippen LogP contribution is 2.50. The largest absolute Gasteiger partial charge is 0.378 e. The fourth-order valence-corrected chi connectivity index (χ4v) is 6.32. The molecule has 1 saturated heterocycles. The van der Waals surface area contributed by atoms with Gasteiger partial charge >= 0.3 is 0 Å². The smallest absolute Gasteiger partial charge is 0.242 e. The summed E-state index contributed by atoms with van der Waals surface area (Å²) in [5.41, 5.74) is 3.13. The van der Waals surface area contributed by atoms with Gasteiger partial charge in [0.1, 0.15) is 12.4 Å². The van der Waals surface area contributed by atoms with Gasteiger partial charge in [-0.25, -0.2) is 4.68 Å². The standard InChI is InChI=1S/C28H31ClN4O3S/c1-28(2,3)33-27-24(25(30-33)19-9-5-4-6-10-19)26(20-11-7-8-12-21(20)29)37-18-23(35)32(27)17-22(34)31-13-15-36-16-14-31/h4-12,26H,13-18H2,1-3H3. The molecule has 0 N–H and O–H groups in total. The van der Waals surface area contributed by atoms with Crippen molar-refractivity contribution >= 4 is 41.0 Å². The lowest BCUT2D eigenvalue weighted by Crippen LogP contribution is -2.48. The predicted molar refractivity (Wildman–Crippen MR) is 148 cm³/mol.